The minimum Gasteiger partial charge on any atom is -0.354 e. The Labute approximate surface area is 182 Å². The maximum atomic E-state index is 13.4. The van der Waals surface area contributed by atoms with Crippen LogP contribution in [0.25, 0.3) is 0 Å². The second kappa shape index (κ2) is 10.6. The molecule has 0 unspecified atom stereocenters. The molecular weight excluding hydrogens is 396 g/mol. The summed E-state index contributed by atoms with van der Waals surface area (Å²) >= 11 is 5.98. The molecule has 0 bridgehead atoms. The van der Waals surface area contributed by atoms with E-state index >= 15 is 0 Å². The normalized spacial score (nSPS) is 11.5. The summed E-state index contributed by atoms with van der Waals surface area (Å²) in [7, 11) is 0. The number of nitrogens with one attached hydrogen (secondary N) is 1. The Kier molecular flexibility index (Phi) is 7.63. The van der Waals surface area contributed by atoms with Gasteiger partial charge >= 0.3 is 0 Å². The molecule has 1 atom stereocenters. The highest BCUT2D eigenvalue weighted by molar-refractivity contribution is 6.30. The van der Waals surface area contributed by atoms with E-state index in [4.69, 9.17) is 11.6 Å². The first-order valence-electron chi connectivity index (χ1n) is 9.99. The molecule has 30 heavy (non-hydrogen) atoms. The Hall–Kier alpha value is -3.11. The van der Waals surface area contributed by atoms with Gasteiger partial charge in [0, 0.05) is 18.1 Å². The third-order valence-electron chi connectivity index (χ3n) is 4.81. The molecule has 0 radical (unpaired) electrons. The first kappa shape index (κ1) is 21.6. The predicted molar refractivity (Wildman–Crippen MR) is 120 cm³/mol. The Morgan fingerprint density at radius 1 is 0.867 bits per heavy atom. The quantitative estimate of drug-likeness (QED) is 0.569. The Morgan fingerprint density at radius 2 is 1.47 bits per heavy atom. The standard InChI is InChI=1S/C25H25ClN2O2/c1-2-27-25(30)24(21-11-7-4-8-12-21)28(18-20-9-5-3-6-10-20)23(29)17-19-13-15-22(26)16-14-19/h3-16,24H,2,17-18H2,1H3,(H,27,30)/t24-/m1/s1. The molecule has 0 saturated heterocycles. The molecule has 4 nitrogen and oxygen atoms in total. The van der Waals surface area contributed by atoms with E-state index < -0.39 is 6.04 Å². The molecule has 0 fully saturated rings. The molecular formula is C25H25ClN2O2. The van der Waals surface area contributed by atoms with Gasteiger partial charge in [0.05, 0.1) is 6.42 Å². The van der Waals surface area contributed by atoms with Crippen LogP contribution in [0.4, 0.5) is 0 Å². The van der Waals surface area contributed by atoms with Gasteiger partial charge in [0.1, 0.15) is 6.04 Å². The van der Waals surface area contributed by atoms with Crippen LogP contribution in [0, 0.1) is 0 Å². The highest BCUT2D eigenvalue weighted by Gasteiger charge is 2.31. The van der Waals surface area contributed by atoms with Crippen LogP contribution < -0.4 is 5.32 Å². The van der Waals surface area contributed by atoms with Crippen molar-refractivity contribution in [1.29, 1.82) is 0 Å². The summed E-state index contributed by atoms with van der Waals surface area (Å²) in [6.45, 7) is 2.70. The fourth-order valence-corrected chi connectivity index (χ4v) is 3.49. The molecule has 0 aliphatic heterocycles. The van der Waals surface area contributed by atoms with Gasteiger partial charge in [-0.25, -0.2) is 0 Å². The van der Waals surface area contributed by atoms with Crippen molar-refractivity contribution >= 4 is 23.4 Å². The van der Waals surface area contributed by atoms with Crippen molar-refractivity contribution in [1.82, 2.24) is 10.2 Å². The van der Waals surface area contributed by atoms with Crippen molar-refractivity contribution in [2.45, 2.75) is 25.9 Å². The Bertz CT molecular complexity index is 959. The van der Waals surface area contributed by atoms with E-state index in [1.807, 2.05) is 79.7 Å². The van der Waals surface area contributed by atoms with Crippen LogP contribution in [0.3, 0.4) is 0 Å². The summed E-state index contributed by atoms with van der Waals surface area (Å²) in [6, 6.07) is 25.6. The van der Waals surface area contributed by atoms with Gasteiger partial charge in [-0.3, -0.25) is 9.59 Å². The van der Waals surface area contributed by atoms with Gasteiger partial charge in [-0.2, -0.15) is 0 Å². The van der Waals surface area contributed by atoms with Crippen molar-refractivity contribution in [2.75, 3.05) is 6.54 Å². The molecule has 154 valence electrons. The molecule has 0 saturated carbocycles. The molecule has 2 amide bonds. The van der Waals surface area contributed by atoms with E-state index in [9.17, 15) is 9.59 Å². The van der Waals surface area contributed by atoms with Crippen LogP contribution in [0.1, 0.15) is 29.7 Å². The van der Waals surface area contributed by atoms with Gasteiger partial charge < -0.3 is 10.2 Å². The number of halogens is 1. The number of hydrogen-bond acceptors (Lipinski definition) is 2. The highest BCUT2D eigenvalue weighted by atomic mass is 35.5. The van der Waals surface area contributed by atoms with E-state index in [0.717, 1.165) is 16.7 Å². The van der Waals surface area contributed by atoms with Crippen molar-refractivity contribution in [3.63, 3.8) is 0 Å². The van der Waals surface area contributed by atoms with Crippen molar-refractivity contribution in [3.05, 3.63) is 107 Å². The molecule has 0 aromatic heterocycles. The van der Waals surface area contributed by atoms with Crippen LogP contribution in [-0.2, 0) is 22.6 Å². The molecule has 0 aliphatic carbocycles. The Morgan fingerprint density at radius 3 is 2.07 bits per heavy atom. The fraction of sp³-hybridized carbons (Fsp3) is 0.200. The van der Waals surface area contributed by atoms with Crippen LogP contribution in [-0.4, -0.2) is 23.3 Å². The summed E-state index contributed by atoms with van der Waals surface area (Å²) in [5, 5.41) is 3.51. The minimum atomic E-state index is -0.717. The van der Waals surface area contributed by atoms with Crippen LogP contribution in [0.15, 0.2) is 84.9 Å². The zero-order valence-electron chi connectivity index (χ0n) is 16.9. The smallest absolute Gasteiger partial charge is 0.247 e. The lowest BCUT2D eigenvalue weighted by atomic mass is 10.0. The van der Waals surface area contributed by atoms with Gasteiger partial charge in [-0.15, -0.1) is 0 Å². The zero-order chi connectivity index (χ0) is 21.3. The summed E-state index contributed by atoms with van der Waals surface area (Å²) in [4.78, 5) is 28.1. The van der Waals surface area contributed by atoms with Crippen LogP contribution in [0.2, 0.25) is 5.02 Å². The van der Waals surface area contributed by atoms with E-state index in [1.165, 1.54) is 0 Å². The predicted octanol–water partition coefficient (Wildman–Crippen LogP) is 4.79. The molecule has 0 heterocycles. The number of benzene rings is 3. The van der Waals surface area contributed by atoms with E-state index in [0.29, 0.717) is 18.1 Å². The summed E-state index contributed by atoms with van der Waals surface area (Å²) < 4.78 is 0. The average Bonchev–Trinajstić information content (AvgIpc) is 2.76. The van der Waals surface area contributed by atoms with E-state index in [-0.39, 0.29) is 18.2 Å². The molecule has 0 aliphatic rings. The lowest BCUT2D eigenvalue weighted by Crippen LogP contribution is -2.44. The second-order valence-electron chi connectivity index (χ2n) is 7.02. The summed E-state index contributed by atoms with van der Waals surface area (Å²) in [5.74, 6) is -0.314. The average molecular weight is 421 g/mol. The first-order valence-corrected chi connectivity index (χ1v) is 10.4. The number of likely N-dealkylation sites (N-methyl/N-ethyl adjacent to an activating group) is 1. The summed E-state index contributed by atoms with van der Waals surface area (Å²) in [5.41, 5.74) is 2.60. The van der Waals surface area contributed by atoms with Gasteiger partial charge in [-0.1, -0.05) is 84.4 Å². The van der Waals surface area contributed by atoms with Crippen LogP contribution in [0.5, 0.6) is 0 Å². The van der Waals surface area contributed by atoms with Gasteiger partial charge in [-0.05, 0) is 35.7 Å². The number of carbonyl (C=O) groups excluding carboxylic acids is 2. The zero-order valence-corrected chi connectivity index (χ0v) is 17.7. The van der Waals surface area contributed by atoms with Crippen LogP contribution >= 0.6 is 11.6 Å². The lowest BCUT2D eigenvalue weighted by Gasteiger charge is -2.31. The number of carbonyl (C=O) groups is 2. The van der Waals surface area contributed by atoms with Crippen molar-refractivity contribution in [3.8, 4) is 0 Å². The molecule has 3 aromatic rings. The monoisotopic (exact) mass is 420 g/mol. The molecule has 5 heteroatoms. The molecule has 3 aromatic carbocycles. The lowest BCUT2D eigenvalue weighted by molar-refractivity contribution is -0.141. The fourth-order valence-electron chi connectivity index (χ4n) is 3.36. The van der Waals surface area contributed by atoms with E-state index in [2.05, 4.69) is 5.32 Å². The topological polar surface area (TPSA) is 49.4 Å². The third kappa shape index (κ3) is 5.71. The maximum absolute atomic E-state index is 13.4. The minimum absolute atomic E-state index is 0.124. The largest absolute Gasteiger partial charge is 0.354 e. The van der Waals surface area contributed by atoms with Gasteiger partial charge in [0.15, 0.2) is 0 Å². The number of nitrogens with zero attached hydrogens (tertiary/aromatic N) is 1. The van der Waals surface area contributed by atoms with Gasteiger partial charge in [0.25, 0.3) is 0 Å². The molecule has 3 rings (SSSR count). The molecule has 0 spiro atoms. The number of rotatable bonds is 8. The number of hydrogen-bond donors (Lipinski definition) is 1. The maximum Gasteiger partial charge on any atom is 0.247 e. The highest BCUT2D eigenvalue weighted by Crippen LogP contribution is 2.25. The Balaban J connectivity index is 1.97. The second-order valence-corrected chi connectivity index (χ2v) is 7.45. The summed E-state index contributed by atoms with van der Waals surface area (Å²) in [6.07, 6.45) is 0.187. The first-order chi connectivity index (χ1) is 14.6. The number of amides is 2. The van der Waals surface area contributed by atoms with Crippen molar-refractivity contribution in [2.24, 2.45) is 0 Å². The SMILES string of the molecule is CCNC(=O)[C@@H](c1ccccc1)N(Cc1ccccc1)C(=O)Cc1ccc(Cl)cc1. The van der Waals surface area contributed by atoms with Gasteiger partial charge in [0.2, 0.25) is 11.8 Å². The third-order valence-corrected chi connectivity index (χ3v) is 5.06. The van der Waals surface area contributed by atoms with Crippen molar-refractivity contribution < 1.29 is 9.59 Å². The molecule has 1 N–H and O–H groups in total. The van der Waals surface area contributed by atoms with E-state index in [1.54, 1.807) is 17.0 Å².